The number of fused-ring (bicyclic) bond motifs is 1. The standard InChI is InChI=1S/C43H47N3O10/c1-4-5-8-13-29-18-20-32(21-19-29)34-22-33-25-46(40(49)44-38(33)55-34)37-23-35(56-42(51)53-27-31-16-11-7-12-17-31)36(54-37)24-43(28(2)3,39(47)48)45-41(50)52-26-30-14-9-6-10-15-30/h6-7,9-12,14-22,25,28,35-37H,4-5,8,13,23-24,26-27H2,1-3H3,(H,45,50)(H,47,48)/t35-,36+,37+,43+/m0/s1. The molecule has 1 amide bonds. The lowest BCUT2D eigenvalue weighted by Gasteiger charge is -2.36. The van der Waals surface area contributed by atoms with E-state index in [1.54, 1.807) is 62.5 Å². The van der Waals surface area contributed by atoms with Gasteiger partial charge in [0, 0.05) is 24.6 Å². The summed E-state index contributed by atoms with van der Waals surface area (Å²) in [4.78, 5) is 56.9. The van der Waals surface area contributed by atoms with Crippen LogP contribution in [-0.2, 0) is 43.4 Å². The summed E-state index contributed by atoms with van der Waals surface area (Å²) >= 11 is 0. The minimum absolute atomic E-state index is 0.0470. The van der Waals surface area contributed by atoms with Gasteiger partial charge in [0.2, 0.25) is 5.71 Å². The third kappa shape index (κ3) is 9.64. The lowest BCUT2D eigenvalue weighted by Crippen LogP contribution is -2.60. The average Bonchev–Trinajstić information content (AvgIpc) is 3.79. The number of ether oxygens (including phenoxy) is 4. The third-order valence-corrected chi connectivity index (χ3v) is 10.1. The fourth-order valence-corrected chi connectivity index (χ4v) is 6.82. The molecule has 1 saturated heterocycles. The van der Waals surface area contributed by atoms with Crippen molar-refractivity contribution in [2.24, 2.45) is 5.92 Å². The van der Waals surface area contributed by atoms with Gasteiger partial charge in [-0.2, -0.15) is 4.98 Å². The first-order chi connectivity index (χ1) is 27.0. The normalized spacial score (nSPS) is 17.7. The highest BCUT2D eigenvalue weighted by Crippen LogP contribution is 2.38. The van der Waals surface area contributed by atoms with Gasteiger partial charge in [-0.3, -0.25) is 4.57 Å². The molecule has 2 N–H and O–H groups in total. The van der Waals surface area contributed by atoms with E-state index in [9.17, 15) is 24.3 Å². The molecule has 13 nitrogen and oxygen atoms in total. The highest BCUT2D eigenvalue weighted by atomic mass is 16.7. The summed E-state index contributed by atoms with van der Waals surface area (Å²) in [5, 5.41) is 13.7. The van der Waals surface area contributed by atoms with Crippen molar-refractivity contribution in [2.45, 2.75) is 96.5 Å². The maximum atomic E-state index is 13.5. The maximum absolute atomic E-state index is 13.5. The molecule has 0 unspecified atom stereocenters. The zero-order valence-electron chi connectivity index (χ0n) is 31.7. The molecule has 1 aliphatic rings. The highest BCUT2D eigenvalue weighted by Gasteiger charge is 2.51. The van der Waals surface area contributed by atoms with Gasteiger partial charge >= 0.3 is 23.9 Å². The number of carbonyl (C=O) groups is 3. The minimum Gasteiger partial charge on any atom is -0.479 e. The highest BCUT2D eigenvalue weighted by molar-refractivity contribution is 5.85. The summed E-state index contributed by atoms with van der Waals surface area (Å²) in [6, 6.07) is 27.9. The number of nitrogens with zero attached hydrogens (tertiary/aromatic N) is 2. The zero-order chi connectivity index (χ0) is 39.7. The largest absolute Gasteiger partial charge is 0.508 e. The quantitative estimate of drug-likeness (QED) is 0.0734. The van der Waals surface area contributed by atoms with E-state index in [1.807, 2.05) is 36.4 Å². The molecule has 0 saturated carbocycles. The van der Waals surface area contributed by atoms with Crippen LogP contribution >= 0.6 is 0 Å². The number of hydrogen-bond acceptors (Lipinski definition) is 10. The van der Waals surface area contributed by atoms with E-state index < -0.39 is 53.8 Å². The van der Waals surface area contributed by atoms with E-state index in [2.05, 4.69) is 29.4 Å². The second-order valence-electron chi connectivity index (χ2n) is 14.3. The molecule has 0 bridgehead atoms. The Morgan fingerprint density at radius 2 is 1.59 bits per heavy atom. The first-order valence-electron chi connectivity index (χ1n) is 18.9. The van der Waals surface area contributed by atoms with Crippen molar-refractivity contribution < 1.29 is 42.9 Å². The Bertz CT molecular complexity index is 2150. The van der Waals surface area contributed by atoms with Crippen molar-refractivity contribution in [3.8, 4) is 11.3 Å². The third-order valence-electron chi connectivity index (χ3n) is 10.1. The van der Waals surface area contributed by atoms with Crippen LogP contribution in [0.5, 0.6) is 0 Å². The Kier molecular flexibility index (Phi) is 12.9. The first-order valence-corrected chi connectivity index (χ1v) is 18.9. The van der Waals surface area contributed by atoms with Crippen LogP contribution in [0.2, 0.25) is 0 Å². The minimum atomic E-state index is -1.93. The molecule has 0 aliphatic carbocycles. The molecule has 5 aromatic rings. The van der Waals surface area contributed by atoms with Gasteiger partial charge in [0.1, 0.15) is 42.9 Å². The molecule has 1 fully saturated rings. The van der Waals surface area contributed by atoms with Crippen molar-refractivity contribution in [2.75, 3.05) is 0 Å². The number of carbonyl (C=O) groups excluding carboxylic acids is 2. The molecular formula is C43H47N3O10. The Hall–Kier alpha value is -5.95. The summed E-state index contributed by atoms with van der Waals surface area (Å²) in [6.07, 6.45) is 0.412. The fraction of sp³-hybridized carbons (Fsp3) is 0.372. The number of carboxylic acid groups (broad SMARTS) is 1. The number of amides is 1. The molecule has 3 heterocycles. The van der Waals surface area contributed by atoms with Crippen molar-refractivity contribution in [3.05, 3.63) is 124 Å². The molecule has 0 radical (unpaired) electrons. The summed E-state index contributed by atoms with van der Waals surface area (Å²) in [6.45, 7) is 5.31. The van der Waals surface area contributed by atoms with Gasteiger partial charge in [-0.05, 0) is 41.5 Å². The second-order valence-corrected chi connectivity index (χ2v) is 14.3. The molecule has 6 rings (SSSR count). The van der Waals surface area contributed by atoms with Crippen LogP contribution in [0.4, 0.5) is 9.59 Å². The smallest absolute Gasteiger partial charge is 0.479 e. The van der Waals surface area contributed by atoms with Gasteiger partial charge in [-0.25, -0.2) is 19.2 Å². The summed E-state index contributed by atoms with van der Waals surface area (Å²) in [5.74, 6) is -1.50. The Morgan fingerprint density at radius 3 is 2.21 bits per heavy atom. The Morgan fingerprint density at radius 1 is 0.929 bits per heavy atom. The molecule has 3 aromatic carbocycles. The molecule has 294 valence electrons. The van der Waals surface area contributed by atoms with Gasteiger partial charge in [-0.15, -0.1) is 0 Å². The van der Waals surface area contributed by atoms with Crippen LogP contribution in [0.1, 0.15) is 75.8 Å². The molecule has 2 aromatic heterocycles. The molecule has 4 atom stereocenters. The zero-order valence-corrected chi connectivity index (χ0v) is 31.7. The van der Waals surface area contributed by atoms with Crippen molar-refractivity contribution in [3.63, 3.8) is 0 Å². The SMILES string of the molecule is CCCCCc1ccc(-c2cc3cn([C@H]4C[C@H](OC(=O)OCc5ccccc5)[C@@H](C[C@](NC(=O)OCc5ccccc5)(C(=O)O)C(C)C)O4)c(=O)nc3o2)cc1. The van der Waals surface area contributed by atoms with Gasteiger partial charge in [0.25, 0.3) is 0 Å². The van der Waals surface area contributed by atoms with Gasteiger partial charge in [0.15, 0.2) is 0 Å². The van der Waals surface area contributed by atoms with Crippen molar-refractivity contribution in [1.82, 2.24) is 14.9 Å². The number of hydrogen-bond donors (Lipinski definition) is 2. The van der Waals surface area contributed by atoms with Gasteiger partial charge in [0.05, 0.1) is 5.39 Å². The van der Waals surface area contributed by atoms with E-state index in [-0.39, 0.29) is 31.8 Å². The van der Waals surface area contributed by atoms with Crippen molar-refractivity contribution in [1.29, 1.82) is 0 Å². The molecule has 13 heteroatoms. The van der Waals surface area contributed by atoms with Crippen LogP contribution in [0, 0.1) is 5.92 Å². The number of nitrogens with one attached hydrogen (secondary N) is 1. The molecule has 1 aliphatic heterocycles. The second kappa shape index (κ2) is 18.1. The summed E-state index contributed by atoms with van der Waals surface area (Å²) in [7, 11) is 0. The number of furan rings is 1. The summed E-state index contributed by atoms with van der Waals surface area (Å²) in [5.41, 5.74) is 1.04. The number of rotatable bonds is 16. The Labute approximate surface area is 324 Å². The predicted octanol–water partition coefficient (Wildman–Crippen LogP) is 8.19. The monoisotopic (exact) mass is 765 g/mol. The van der Waals surface area contributed by atoms with Gasteiger partial charge in [-0.1, -0.05) is 119 Å². The van der Waals surface area contributed by atoms with Crippen LogP contribution < -0.4 is 11.0 Å². The van der Waals surface area contributed by atoms with E-state index in [0.717, 1.165) is 30.4 Å². The molecule has 56 heavy (non-hydrogen) atoms. The number of carboxylic acids is 1. The number of alkyl carbamates (subject to hydrolysis) is 1. The first kappa shape index (κ1) is 39.7. The lowest BCUT2D eigenvalue weighted by molar-refractivity contribution is -0.150. The van der Waals surface area contributed by atoms with E-state index in [0.29, 0.717) is 16.7 Å². The Balaban J connectivity index is 1.24. The van der Waals surface area contributed by atoms with Crippen molar-refractivity contribution >= 4 is 29.3 Å². The van der Waals surface area contributed by atoms with E-state index >= 15 is 0 Å². The topological polar surface area (TPSA) is 168 Å². The maximum Gasteiger partial charge on any atom is 0.508 e. The van der Waals surface area contributed by atoms with Crippen LogP contribution in [0.3, 0.4) is 0 Å². The average molecular weight is 766 g/mol. The lowest BCUT2D eigenvalue weighted by atomic mass is 9.80. The number of aryl methyl sites for hydroxylation is 1. The predicted molar refractivity (Wildman–Crippen MR) is 207 cm³/mol. The van der Waals surface area contributed by atoms with Gasteiger partial charge < -0.3 is 33.8 Å². The molecule has 0 spiro atoms. The van der Waals surface area contributed by atoms with Crippen LogP contribution in [0.15, 0.2) is 106 Å². The summed E-state index contributed by atoms with van der Waals surface area (Å²) < 4.78 is 30.2. The van der Waals surface area contributed by atoms with E-state index in [4.69, 9.17) is 23.4 Å². The number of aromatic nitrogens is 2. The van der Waals surface area contributed by atoms with Crippen LogP contribution in [-0.4, -0.2) is 50.6 Å². The fourth-order valence-electron chi connectivity index (χ4n) is 6.82. The number of benzene rings is 3. The number of aliphatic carboxylic acids is 1. The van der Waals surface area contributed by atoms with E-state index in [1.165, 1.54) is 16.6 Å². The number of unbranched alkanes of at least 4 members (excludes halogenated alkanes) is 2. The van der Waals surface area contributed by atoms with Crippen LogP contribution in [0.25, 0.3) is 22.4 Å². The molecular weight excluding hydrogens is 718 g/mol.